The minimum Gasteiger partial charge on any atom is -0.397 e. The van der Waals surface area contributed by atoms with Gasteiger partial charge in [-0.05, 0) is 81.9 Å². The largest absolute Gasteiger partial charge is 0.397 e. The van der Waals surface area contributed by atoms with Gasteiger partial charge in [-0.1, -0.05) is 231 Å². The molecule has 13 aromatic rings. The van der Waals surface area contributed by atoms with Crippen LogP contribution in [0.3, 0.4) is 0 Å². The third kappa shape index (κ3) is 12.6. The average molecular weight is 1020 g/mol. The first-order valence-electron chi connectivity index (χ1n) is 25.6. The van der Waals surface area contributed by atoms with Crippen molar-refractivity contribution in [1.29, 1.82) is 0 Å². The number of nitrogens with two attached hydrogens (primary N) is 3. The van der Waals surface area contributed by atoms with Gasteiger partial charge in [-0.3, -0.25) is 9.59 Å². The van der Waals surface area contributed by atoms with E-state index in [1.165, 1.54) is 11.1 Å². The number of amides is 2. The Labute approximate surface area is 458 Å². The lowest BCUT2D eigenvalue weighted by molar-refractivity contribution is 0.0992. The van der Waals surface area contributed by atoms with Crippen LogP contribution in [-0.2, 0) is 0 Å². The van der Waals surface area contributed by atoms with Crippen LogP contribution in [0.4, 0.5) is 5.69 Å². The number of hydrogen-bond donors (Lipinski definition) is 3. The lowest BCUT2D eigenvalue weighted by Crippen LogP contribution is -2.10. The van der Waals surface area contributed by atoms with Crippen molar-refractivity contribution in [3.8, 4) is 67.3 Å². The molecular formula is C70H53N7O2. The second-order valence-corrected chi connectivity index (χ2v) is 18.3. The van der Waals surface area contributed by atoms with Crippen LogP contribution in [-0.4, -0.2) is 31.8 Å². The number of primary amides is 2. The highest BCUT2D eigenvalue weighted by Gasteiger charge is 2.15. The van der Waals surface area contributed by atoms with Crippen molar-refractivity contribution in [2.75, 3.05) is 5.73 Å². The number of pyridine rings is 2. The molecule has 0 fully saturated rings. The Hall–Kier alpha value is -10.9. The van der Waals surface area contributed by atoms with Gasteiger partial charge in [-0.2, -0.15) is 0 Å². The molecule has 9 nitrogen and oxygen atoms in total. The number of anilines is 1. The van der Waals surface area contributed by atoms with E-state index in [1.807, 2.05) is 164 Å². The van der Waals surface area contributed by atoms with Crippen molar-refractivity contribution >= 4 is 50.2 Å². The normalized spacial score (nSPS) is 10.5. The van der Waals surface area contributed by atoms with Crippen molar-refractivity contribution in [3.63, 3.8) is 0 Å². The third-order valence-corrected chi connectivity index (χ3v) is 13.1. The summed E-state index contributed by atoms with van der Waals surface area (Å²) in [6.07, 6.45) is 1.95. The first-order chi connectivity index (χ1) is 38.8. The van der Waals surface area contributed by atoms with Crippen molar-refractivity contribution in [3.05, 3.63) is 296 Å². The molecule has 13 rings (SSSR count). The molecule has 0 bridgehead atoms. The van der Waals surface area contributed by atoms with Gasteiger partial charge in [-0.25, -0.2) is 19.9 Å². The summed E-state index contributed by atoms with van der Waals surface area (Å²) in [4.78, 5) is 40.9. The summed E-state index contributed by atoms with van der Waals surface area (Å²) in [5.41, 5.74) is 32.4. The molecule has 3 aromatic heterocycles. The summed E-state index contributed by atoms with van der Waals surface area (Å²) in [5.74, 6) is -0.0758. The highest BCUT2D eigenvalue weighted by Crippen LogP contribution is 2.36. The maximum atomic E-state index is 10.9. The molecule has 2 amide bonds. The zero-order valence-corrected chi connectivity index (χ0v) is 43.0. The van der Waals surface area contributed by atoms with Crippen LogP contribution in [0, 0.1) is 0 Å². The van der Waals surface area contributed by atoms with Crippen LogP contribution in [0.25, 0.3) is 100.0 Å². The zero-order valence-electron chi connectivity index (χ0n) is 43.0. The number of rotatable bonds is 8. The molecule has 79 heavy (non-hydrogen) atoms. The van der Waals surface area contributed by atoms with E-state index >= 15 is 0 Å². The predicted molar refractivity (Wildman–Crippen MR) is 324 cm³/mol. The molecule has 0 unspecified atom stereocenters. The van der Waals surface area contributed by atoms with Crippen molar-refractivity contribution in [2.24, 2.45) is 11.5 Å². The van der Waals surface area contributed by atoms with E-state index in [0.717, 1.165) is 88.7 Å². The molecule has 380 valence electrons. The Kier molecular flexibility index (Phi) is 16.1. The molecule has 10 aromatic carbocycles. The van der Waals surface area contributed by atoms with Gasteiger partial charge in [0.1, 0.15) is 5.52 Å². The lowest BCUT2D eigenvalue weighted by Gasteiger charge is -2.13. The van der Waals surface area contributed by atoms with E-state index in [0.29, 0.717) is 17.0 Å². The number of hydrogen-bond acceptors (Lipinski definition) is 7. The highest BCUT2D eigenvalue weighted by atomic mass is 16.1. The van der Waals surface area contributed by atoms with Crippen LogP contribution in [0.5, 0.6) is 0 Å². The zero-order chi connectivity index (χ0) is 54.3. The van der Waals surface area contributed by atoms with Gasteiger partial charge in [0, 0.05) is 50.2 Å². The van der Waals surface area contributed by atoms with Crippen molar-refractivity contribution in [2.45, 2.75) is 0 Å². The molecule has 0 aliphatic carbocycles. The quantitative estimate of drug-likeness (QED) is 0.101. The van der Waals surface area contributed by atoms with Crippen molar-refractivity contribution in [1.82, 2.24) is 19.9 Å². The summed E-state index contributed by atoms with van der Waals surface area (Å²) in [7, 11) is 0. The molecule has 9 heteroatoms. The third-order valence-electron chi connectivity index (χ3n) is 13.1. The monoisotopic (exact) mass is 1020 g/mol. The summed E-state index contributed by atoms with van der Waals surface area (Å²) in [5, 5.41) is 3.11. The van der Waals surface area contributed by atoms with Gasteiger partial charge < -0.3 is 17.2 Å². The number of carbonyl (C=O) groups excluding carboxylic acids is 2. The molecular weight excluding hydrogens is 971 g/mol. The van der Waals surface area contributed by atoms with Crippen molar-refractivity contribution < 1.29 is 9.59 Å². The standard InChI is InChI=1S/C35H23N3.C15H12N2.C13H11NO.C7H7NO/c1-4-10-24(11-5-1)25-16-18-26(19-17-25)30-22-29-20-21-32(27-12-6-2-7-13-27)37-33(29)34-31(30)23-36-35(38-34)28-14-8-3-9-15-28;16-13-8-4-7-12-9-10-14(17-15(12)13)11-5-2-1-3-6-11;14-13(15)12-8-6-11(7-9-12)10-4-2-1-3-5-10;8-7(9)6-4-2-1-3-5-6/h1-23H;1-10H,16H2;1-9H,(H2,14,15);1-5H,(H2,8,9). The summed E-state index contributed by atoms with van der Waals surface area (Å²) < 4.78 is 0. The van der Waals surface area contributed by atoms with E-state index in [9.17, 15) is 9.59 Å². The Morgan fingerprint density at radius 3 is 1.22 bits per heavy atom. The first kappa shape index (κ1) is 51.6. The molecule has 0 atom stereocenters. The van der Waals surface area contributed by atoms with Crippen LogP contribution in [0.1, 0.15) is 20.7 Å². The number of carbonyl (C=O) groups is 2. The second kappa shape index (κ2) is 24.6. The van der Waals surface area contributed by atoms with Gasteiger partial charge in [0.25, 0.3) is 0 Å². The Morgan fingerprint density at radius 1 is 0.316 bits per heavy atom. The number of fused-ring (bicyclic) bond motifs is 4. The summed E-state index contributed by atoms with van der Waals surface area (Å²) in [6, 6.07) is 92.1. The van der Waals surface area contributed by atoms with E-state index in [1.54, 1.807) is 36.4 Å². The fraction of sp³-hybridized carbons (Fsp3) is 0. The molecule has 0 spiro atoms. The fourth-order valence-electron chi connectivity index (χ4n) is 8.98. The molecule has 0 aliphatic heterocycles. The molecule has 0 aliphatic rings. The van der Waals surface area contributed by atoms with Crippen LogP contribution < -0.4 is 17.2 Å². The minimum atomic E-state index is -0.394. The fourth-order valence-corrected chi connectivity index (χ4v) is 8.98. The smallest absolute Gasteiger partial charge is 0.248 e. The predicted octanol–water partition coefficient (Wildman–Crippen LogP) is 15.6. The highest BCUT2D eigenvalue weighted by molar-refractivity contribution is 6.11. The second-order valence-electron chi connectivity index (χ2n) is 18.3. The van der Waals surface area contributed by atoms with Gasteiger partial charge in [0.15, 0.2) is 5.82 Å². The van der Waals surface area contributed by atoms with E-state index in [2.05, 4.69) is 89.9 Å². The molecule has 0 saturated heterocycles. The maximum absolute atomic E-state index is 10.9. The average Bonchev–Trinajstić information content (AvgIpc) is 3.64. The molecule has 6 N–H and O–H groups in total. The number of nitrogen functional groups attached to an aromatic ring is 1. The van der Waals surface area contributed by atoms with Crippen LogP contribution in [0.2, 0.25) is 0 Å². The number of aromatic nitrogens is 4. The summed E-state index contributed by atoms with van der Waals surface area (Å²) in [6.45, 7) is 0. The Morgan fingerprint density at radius 2 is 0.722 bits per heavy atom. The Bertz CT molecular complexity index is 4150. The minimum absolute atomic E-state index is 0.379. The maximum Gasteiger partial charge on any atom is 0.248 e. The number of benzene rings is 10. The molecule has 0 radical (unpaired) electrons. The lowest BCUT2D eigenvalue weighted by atomic mass is 9.96. The first-order valence-corrected chi connectivity index (χ1v) is 25.6. The topological polar surface area (TPSA) is 164 Å². The van der Waals surface area contributed by atoms with Gasteiger partial charge >= 0.3 is 0 Å². The van der Waals surface area contributed by atoms with E-state index < -0.39 is 5.91 Å². The van der Waals surface area contributed by atoms with Gasteiger partial charge in [0.05, 0.1) is 28.1 Å². The summed E-state index contributed by atoms with van der Waals surface area (Å²) >= 11 is 0. The van der Waals surface area contributed by atoms with E-state index in [4.69, 9.17) is 32.2 Å². The van der Waals surface area contributed by atoms with Gasteiger partial charge in [-0.15, -0.1) is 0 Å². The molecule has 0 saturated carbocycles. The SMILES string of the molecule is NC(=O)c1ccc(-c2ccccc2)cc1.NC(=O)c1ccccc1.Nc1cccc2ccc(-c3ccccc3)nc12.c1ccc(-c2ccc(-c3cc4ccc(-c5ccccc5)nc4c4nc(-c5ccccc5)ncc34)cc2)cc1. The Balaban J connectivity index is 0.000000141. The number of para-hydroxylation sites is 1. The molecule has 3 heterocycles. The van der Waals surface area contributed by atoms with Crippen LogP contribution in [0.15, 0.2) is 285 Å². The van der Waals surface area contributed by atoms with Crippen LogP contribution >= 0.6 is 0 Å². The number of nitrogens with zero attached hydrogens (tertiary/aromatic N) is 4. The van der Waals surface area contributed by atoms with Gasteiger partial charge in [0.2, 0.25) is 11.8 Å². The van der Waals surface area contributed by atoms with E-state index in [-0.39, 0.29) is 5.91 Å².